The van der Waals surface area contributed by atoms with Gasteiger partial charge in [-0.2, -0.15) is 0 Å². The summed E-state index contributed by atoms with van der Waals surface area (Å²) in [7, 11) is 0. The van der Waals surface area contributed by atoms with Crippen LogP contribution in [0.25, 0.3) is 10.2 Å². The molecule has 2 aromatic carbocycles. The molecule has 10 heteroatoms. The first-order valence-electron chi connectivity index (χ1n) is 11.7. The number of hydrogen-bond donors (Lipinski definition) is 1. The zero-order valence-electron chi connectivity index (χ0n) is 19.4. The normalized spacial score (nSPS) is 17.0. The zero-order chi connectivity index (χ0) is 24.5. The van der Waals surface area contributed by atoms with Crippen molar-refractivity contribution in [2.75, 3.05) is 49.1 Å². The Bertz CT molecular complexity index is 1230. The number of nitrogens with one attached hydrogen (secondary N) is 1. The number of amides is 3. The van der Waals surface area contributed by atoms with Crippen LogP contribution >= 0.6 is 22.9 Å². The lowest BCUT2D eigenvalue weighted by molar-refractivity contribution is -0.121. The van der Waals surface area contributed by atoms with Crippen molar-refractivity contribution in [3.63, 3.8) is 0 Å². The summed E-state index contributed by atoms with van der Waals surface area (Å²) in [5.74, 6) is -0.570. The van der Waals surface area contributed by atoms with Crippen LogP contribution in [0.4, 0.5) is 10.8 Å². The van der Waals surface area contributed by atoms with Gasteiger partial charge in [0.05, 0.1) is 20.9 Å². The predicted molar refractivity (Wildman–Crippen MR) is 139 cm³/mol. The van der Waals surface area contributed by atoms with E-state index in [2.05, 4.69) is 22.0 Å². The van der Waals surface area contributed by atoms with E-state index in [0.717, 1.165) is 58.7 Å². The van der Waals surface area contributed by atoms with E-state index in [9.17, 15) is 14.4 Å². The van der Waals surface area contributed by atoms with Gasteiger partial charge in [0.2, 0.25) is 11.8 Å². The Kier molecular flexibility index (Phi) is 6.73. The van der Waals surface area contributed by atoms with Gasteiger partial charge in [0, 0.05) is 57.7 Å². The second-order valence-electron chi connectivity index (χ2n) is 8.79. The largest absolute Gasteiger partial charge is 0.351 e. The number of carbonyl (C=O) groups excluding carboxylic acids is 3. The maximum atomic E-state index is 12.5. The third-order valence-electron chi connectivity index (χ3n) is 6.48. The molecule has 2 saturated heterocycles. The molecule has 2 aliphatic rings. The van der Waals surface area contributed by atoms with Crippen LogP contribution in [0.2, 0.25) is 5.02 Å². The summed E-state index contributed by atoms with van der Waals surface area (Å²) in [6.45, 7) is 6.90. The fourth-order valence-electron chi connectivity index (χ4n) is 4.44. The average Bonchev–Trinajstić information content (AvgIpc) is 3.46. The summed E-state index contributed by atoms with van der Waals surface area (Å²) in [5, 5.41) is 4.71. The second-order valence-corrected chi connectivity index (χ2v) is 10.2. The molecule has 3 heterocycles. The van der Waals surface area contributed by atoms with E-state index in [0.29, 0.717) is 17.8 Å². The molecule has 0 unspecified atom stereocenters. The second kappa shape index (κ2) is 9.93. The molecule has 182 valence electrons. The zero-order valence-corrected chi connectivity index (χ0v) is 21.0. The summed E-state index contributed by atoms with van der Waals surface area (Å²) in [6, 6.07) is 10.5. The van der Waals surface area contributed by atoms with Crippen LogP contribution < -0.4 is 15.1 Å². The van der Waals surface area contributed by atoms with Gasteiger partial charge in [-0.05, 0) is 42.8 Å². The number of nitrogens with zero attached hydrogens (tertiary/aromatic N) is 4. The Hall–Kier alpha value is -3.01. The van der Waals surface area contributed by atoms with Crippen molar-refractivity contribution in [2.24, 2.45) is 0 Å². The molecule has 0 spiro atoms. The Morgan fingerprint density at radius 3 is 2.37 bits per heavy atom. The van der Waals surface area contributed by atoms with Crippen molar-refractivity contribution < 1.29 is 14.4 Å². The van der Waals surface area contributed by atoms with E-state index in [-0.39, 0.29) is 30.6 Å². The number of aryl methyl sites for hydroxylation is 1. The van der Waals surface area contributed by atoms with Crippen molar-refractivity contribution in [3.05, 3.63) is 52.5 Å². The number of thiazole rings is 1. The van der Waals surface area contributed by atoms with Gasteiger partial charge < -0.3 is 10.2 Å². The number of benzene rings is 2. The number of fused-ring (bicyclic) bond motifs is 1. The molecule has 1 N–H and O–H groups in total. The number of hydrogen-bond acceptors (Lipinski definition) is 7. The van der Waals surface area contributed by atoms with Gasteiger partial charge in [0.15, 0.2) is 5.13 Å². The van der Waals surface area contributed by atoms with Gasteiger partial charge >= 0.3 is 0 Å². The molecular weight excluding hydrogens is 486 g/mol. The number of carbonyl (C=O) groups is 3. The number of imide groups is 1. The Morgan fingerprint density at radius 2 is 1.71 bits per heavy atom. The topological polar surface area (TPSA) is 85.9 Å². The molecule has 2 aliphatic heterocycles. The van der Waals surface area contributed by atoms with E-state index in [1.54, 1.807) is 35.6 Å². The van der Waals surface area contributed by atoms with Crippen LogP contribution in [0.1, 0.15) is 28.8 Å². The lowest BCUT2D eigenvalue weighted by atomic mass is 10.2. The summed E-state index contributed by atoms with van der Waals surface area (Å²) in [4.78, 5) is 46.9. The highest BCUT2D eigenvalue weighted by atomic mass is 35.5. The first kappa shape index (κ1) is 23.7. The van der Waals surface area contributed by atoms with Crippen molar-refractivity contribution in [2.45, 2.75) is 19.8 Å². The molecule has 8 nitrogen and oxygen atoms in total. The van der Waals surface area contributed by atoms with Crippen LogP contribution in [-0.4, -0.2) is 66.9 Å². The highest BCUT2D eigenvalue weighted by Gasteiger charge is 2.30. The van der Waals surface area contributed by atoms with Crippen LogP contribution in [0.15, 0.2) is 36.4 Å². The molecule has 35 heavy (non-hydrogen) atoms. The lowest BCUT2D eigenvalue weighted by Gasteiger charge is -2.34. The number of aromatic nitrogens is 1. The summed E-state index contributed by atoms with van der Waals surface area (Å²) < 4.78 is 1.04. The quantitative estimate of drug-likeness (QED) is 0.510. The highest BCUT2D eigenvalue weighted by molar-refractivity contribution is 7.22. The molecule has 1 aromatic heterocycles. The molecule has 0 saturated carbocycles. The Morgan fingerprint density at radius 1 is 1.03 bits per heavy atom. The van der Waals surface area contributed by atoms with Crippen molar-refractivity contribution >= 4 is 61.7 Å². The monoisotopic (exact) mass is 511 g/mol. The van der Waals surface area contributed by atoms with E-state index < -0.39 is 0 Å². The maximum Gasteiger partial charge on any atom is 0.251 e. The van der Waals surface area contributed by atoms with Gasteiger partial charge in [-0.1, -0.05) is 29.0 Å². The standard InChI is InChI=1S/C25H26ClN5O3S/c1-16-2-7-19(26)23-22(16)28-25(35-23)30-14-12-29(13-15-30)11-10-27-24(34)17-3-5-18(6-4-17)31-20(32)8-9-21(31)33/h2-7H,8-15H2,1H3,(H,27,34). The first-order chi connectivity index (χ1) is 16.9. The van der Waals surface area contributed by atoms with Gasteiger partial charge in [-0.15, -0.1) is 0 Å². The fourth-order valence-corrected chi connectivity index (χ4v) is 5.81. The molecule has 3 amide bonds. The molecule has 0 atom stereocenters. The van der Waals surface area contributed by atoms with Crippen molar-refractivity contribution in [1.82, 2.24) is 15.2 Å². The van der Waals surface area contributed by atoms with Gasteiger partial charge in [0.1, 0.15) is 0 Å². The number of piperazine rings is 1. The maximum absolute atomic E-state index is 12.5. The van der Waals surface area contributed by atoms with E-state index in [1.165, 1.54) is 4.90 Å². The molecule has 0 bridgehead atoms. The molecule has 3 aromatic rings. The Balaban J connectivity index is 1.09. The van der Waals surface area contributed by atoms with E-state index >= 15 is 0 Å². The summed E-state index contributed by atoms with van der Waals surface area (Å²) >= 11 is 8.00. The minimum absolute atomic E-state index is 0.170. The minimum Gasteiger partial charge on any atom is -0.351 e. The highest BCUT2D eigenvalue weighted by Crippen LogP contribution is 2.35. The van der Waals surface area contributed by atoms with Gasteiger partial charge in [-0.25, -0.2) is 4.98 Å². The smallest absolute Gasteiger partial charge is 0.251 e. The van der Waals surface area contributed by atoms with E-state index in [4.69, 9.17) is 16.6 Å². The number of anilines is 2. The predicted octanol–water partition coefficient (Wildman–Crippen LogP) is 3.46. The molecule has 5 rings (SSSR count). The van der Waals surface area contributed by atoms with E-state index in [1.807, 2.05) is 12.1 Å². The van der Waals surface area contributed by atoms with Gasteiger partial charge in [0.25, 0.3) is 5.91 Å². The van der Waals surface area contributed by atoms with Crippen LogP contribution in [-0.2, 0) is 9.59 Å². The SMILES string of the molecule is Cc1ccc(Cl)c2sc(N3CCN(CCNC(=O)c4ccc(N5C(=O)CCC5=O)cc4)CC3)nc12. The number of rotatable bonds is 6. The lowest BCUT2D eigenvalue weighted by Crippen LogP contribution is -2.48. The van der Waals surface area contributed by atoms with Gasteiger partial charge in [-0.3, -0.25) is 24.2 Å². The minimum atomic E-state index is -0.200. The molecule has 0 aliphatic carbocycles. The average molecular weight is 512 g/mol. The van der Waals surface area contributed by atoms with Crippen molar-refractivity contribution in [3.8, 4) is 0 Å². The third kappa shape index (κ3) is 4.89. The van der Waals surface area contributed by atoms with Crippen LogP contribution in [0.5, 0.6) is 0 Å². The van der Waals surface area contributed by atoms with Crippen molar-refractivity contribution in [1.29, 1.82) is 0 Å². The third-order valence-corrected chi connectivity index (χ3v) is 8.06. The molecular formula is C25H26ClN5O3S. The fraction of sp³-hybridized carbons (Fsp3) is 0.360. The molecule has 2 fully saturated rings. The summed E-state index contributed by atoms with van der Waals surface area (Å²) in [6.07, 6.45) is 0.480. The number of halogens is 1. The van der Waals surface area contributed by atoms with Crippen LogP contribution in [0.3, 0.4) is 0 Å². The molecule has 0 radical (unpaired) electrons. The summed E-state index contributed by atoms with van der Waals surface area (Å²) in [5.41, 5.74) is 3.13. The van der Waals surface area contributed by atoms with Crippen LogP contribution in [0, 0.1) is 6.92 Å². The Labute approximate surface area is 212 Å². The first-order valence-corrected chi connectivity index (χ1v) is 12.9.